The molecule has 13 heavy (non-hydrogen) atoms. The van der Waals surface area contributed by atoms with Gasteiger partial charge in [-0.3, -0.25) is 9.59 Å². The standard InChI is InChI=1S/C8H14ClNO3/c1-2-6(5-8(12)13)10-7(11)3-4-9/h6H,2-5H2,1H3,(H,10,11)(H,12,13). The summed E-state index contributed by atoms with van der Waals surface area (Å²) in [6.07, 6.45) is 0.808. The molecule has 1 atom stereocenters. The summed E-state index contributed by atoms with van der Waals surface area (Å²) in [6.45, 7) is 1.83. The van der Waals surface area contributed by atoms with E-state index in [2.05, 4.69) is 5.32 Å². The lowest BCUT2D eigenvalue weighted by atomic mass is 10.1. The number of hydrogen-bond acceptors (Lipinski definition) is 2. The van der Waals surface area contributed by atoms with Crippen molar-refractivity contribution in [3.05, 3.63) is 0 Å². The number of halogens is 1. The summed E-state index contributed by atoms with van der Waals surface area (Å²) < 4.78 is 0. The normalized spacial score (nSPS) is 12.2. The number of carbonyl (C=O) groups excluding carboxylic acids is 1. The van der Waals surface area contributed by atoms with Crippen LogP contribution in [-0.4, -0.2) is 28.9 Å². The van der Waals surface area contributed by atoms with Crippen LogP contribution in [0.5, 0.6) is 0 Å². The Balaban J connectivity index is 3.83. The third-order valence-corrected chi connectivity index (χ3v) is 1.79. The molecule has 0 saturated heterocycles. The Morgan fingerprint density at radius 1 is 1.54 bits per heavy atom. The first kappa shape index (κ1) is 12.2. The molecule has 0 rings (SSSR count). The Morgan fingerprint density at radius 3 is 2.54 bits per heavy atom. The summed E-state index contributed by atoms with van der Waals surface area (Å²) in [5.74, 6) is -0.837. The van der Waals surface area contributed by atoms with Crippen LogP contribution in [-0.2, 0) is 9.59 Å². The van der Waals surface area contributed by atoms with Gasteiger partial charge in [0.25, 0.3) is 0 Å². The number of amides is 1. The summed E-state index contributed by atoms with van der Waals surface area (Å²) in [5.41, 5.74) is 0. The highest BCUT2D eigenvalue weighted by atomic mass is 35.5. The zero-order valence-electron chi connectivity index (χ0n) is 7.55. The van der Waals surface area contributed by atoms with Crippen molar-refractivity contribution in [1.82, 2.24) is 5.32 Å². The number of hydrogen-bond donors (Lipinski definition) is 2. The van der Waals surface area contributed by atoms with Crippen LogP contribution in [0, 0.1) is 0 Å². The van der Waals surface area contributed by atoms with Crippen LogP contribution in [0.2, 0.25) is 0 Å². The van der Waals surface area contributed by atoms with Crippen molar-refractivity contribution in [1.29, 1.82) is 0 Å². The molecule has 2 N–H and O–H groups in total. The molecule has 0 aliphatic heterocycles. The second-order valence-corrected chi connectivity index (χ2v) is 3.09. The molecule has 0 aliphatic rings. The van der Waals surface area contributed by atoms with Crippen molar-refractivity contribution >= 4 is 23.5 Å². The average molecular weight is 208 g/mol. The molecule has 0 heterocycles. The molecule has 5 heteroatoms. The summed E-state index contributed by atoms with van der Waals surface area (Å²) >= 11 is 5.35. The molecule has 76 valence electrons. The van der Waals surface area contributed by atoms with E-state index >= 15 is 0 Å². The van der Waals surface area contributed by atoms with Crippen molar-refractivity contribution in [3.8, 4) is 0 Å². The van der Waals surface area contributed by atoms with Gasteiger partial charge in [-0.25, -0.2) is 0 Å². The van der Waals surface area contributed by atoms with Gasteiger partial charge in [-0.2, -0.15) is 0 Å². The van der Waals surface area contributed by atoms with Crippen molar-refractivity contribution in [2.24, 2.45) is 0 Å². The molecular weight excluding hydrogens is 194 g/mol. The summed E-state index contributed by atoms with van der Waals surface area (Å²) in [7, 11) is 0. The molecule has 1 amide bonds. The zero-order chi connectivity index (χ0) is 10.3. The molecule has 0 saturated carbocycles. The van der Waals surface area contributed by atoms with Crippen LogP contribution in [0.3, 0.4) is 0 Å². The fourth-order valence-corrected chi connectivity index (χ4v) is 1.07. The number of alkyl halides is 1. The molecule has 0 aromatic heterocycles. The number of carboxylic acid groups (broad SMARTS) is 1. The topological polar surface area (TPSA) is 66.4 Å². The van der Waals surface area contributed by atoms with E-state index in [1.807, 2.05) is 6.92 Å². The smallest absolute Gasteiger partial charge is 0.305 e. The fraction of sp³-hybridized carbons (Fsp3) is 0.750. The molecule has 0 spiro atoms. The first-order valence-electron chi connectivity index (χ1n) is 4.17. The van der Waals surface area contributed by atoms with Gasteiger partial charge >= 0.3 is 5.97 Å². The van der Waals surface area contributed by atoms with Gasteiger partial charge in [0.15, 0.2) is 0 Å². The molecule has 0 radical (unpaired) electrons. The van der Waals surface area contributed by atoms with E-state index in [9.17, 15) is 9.59 Å². The molecule has 1 unspecified atom stereocenters. The zero-order valence-corrected chi connectivity index (χ0v) is 8.30. The van der Waals surface area contributed by atoms with Gasteiger partial charge < -0.3 is 10.4 Å². The molecule has 4 nitrogen and oxygen atoms in total. The van der Waals surface area contributed by atoms with Gasteiger partial charge in [0, 0.05) is 18.3 Å². The lowest BCUT2D eigenvalue weighted by Gasteiger charge is -2.13. The van der Waals surface area contributed by atoms with Gasteiger partial charge in [0.05, 0.1) is 6.42 Å². The van der Waals surface area contributed by atoms with Crippen LogP contribution in [0.1, 0.15) is 26.2 Å². The van der Waals surface area contributed by atoms with E-state index in [1.54, 1.807) is 0 Å². The Morgan fingerprint density at radius 2 is 2.15 bits per heavy atom. The molecule has 0 aromatic rings. The second-order valence-electron chi connectivity index (χ2n) is 2.71. The predicted octanol–water partition coefficient (Wildman–Crippen LogP) is 0.985. The highest BCUT2D eigenvalue weighted by molar-refractivity contribution is 6.18. The van der Waals surface area contributed by atoms with Crippen molar-refractivity contribution < 1.29 is 14.7 Å². The van der Waals surface area contributed by atoms with E-state index < -0.39 is 5.97 Å². The Hall–Kier alpha value is -0.770. The minimum Gasteiger partial charge on any atom is -0.481 e. The number of aliphatic carboxylic acids is 1. The third kappa shape index (κ3) is 6.40. The van der Waals surface area contributed by atoms with E-state index in [0.717, 1.165) is 0 Å². The highest BCUT2D eigenvalue weighted by Gasteiger charge is 2.12. The molecule has 0 bridgehead atoms. The number of nitrogens with one attached hydrogen (secondary N) is 1. The average Bonchev–Trinajstić information content (AvgIpc) is 2.02. The van der Waals surface area contributed by atoms with Crippen LogP contribution in [0.15, 0.2) is 0 Å². The van der Waals surface area contributed by atoms with Gasteiger partial charge in [0.1, 0.15) is 0 Å². The number of carboxylic acids is 1. The monoisotopic (exact) mass is 207 g/mol. The van der Waals surface area contributed by atoms with Gasteiger partial charge in [-0.15, -0.1) is 11.6 Å². The minimum atomic E-state index is -0.905. The Kier molecular flexibility index (Phi) is 6.32. The van der Waals surface area contributed by atoms with E-state index in [4.69, 9.17) is 16.7 Å². The van der Waals surface area contributed by atoms with E-state index in [1.165, 1.54) is 0 Å². The fourth-order valence-electron chi connectivity index (χ4n) is 0.894. The third-order valence-electron chi connectivity index (χ3n) is 1.60. The first-order valence-corrected chi connectivity index (χ1v) is 4.70. The number of carbonyl (C=O) groups is 2. The number of rotatable bonds is 6. The molecule has 0 aromatic carbocycles. The summed E-state index contributed by atoms with van der Waals surface area (Å²) in [5, 5.41) is 11.1. The maximum absolute atomic E-state index is 11.0. The molecule has 0 fully saturated rings. The Bertz CT molecular complexity index is 184. The van der Waals surface area contributed by atoms with E-state index in [-0.39, 0.29) is 30.7 Å². The quantitative estimate of drug-likeness (QED) is 0.639. The molecule has 0 aliphatic carbocycles. The minimum absolute atomic E-state index is 0.0372. The largest absolute Gasteiger partial charge is 0.481 e. The predicted molar refractivity (Wildman–Crippen MR) is 49.8 cm³/mol. The van der Waals surface area contributed by atoms with Crippen LogP contribution < -0.4 is 5.32 Å². The maximum Gasteiger partial charge on any atom is 0.305 e. The van der Waals surface area contributed by atoms with Crippen LogP contribution in [0.4, 0.5) is 0 Å². The van der Waals surface area contributed by atoms with Crippen molar-refractivity contribution in [3.63, 3.8) is 0 Å². The lowest BCUT2D eigenvalue weighted by Crippen LogP contribution is -2.36. The van der Waals surface area contributed by atoms with E-state index in [0.29, 0.717) is 6.42 Å². The summed E-state index contributed by atoms with van der Waals surface area (Å²) in [4.78, 5) is 21.3. The first-order chi connectivity index (χ1) is 6.10. The highest BCUT2D eigenvalue weighted by Crippen LogP contribution is 1.98. The van der Waals surface area contributed by atoms with Crippen LogP contribution >= 0.6 is 11.6 Å². The molecular formula is C8H14ClNO3. The summed E-state index contributed by atoms with van der Waals surface area (Å²) in [6, 6.07) is -0.284. The van der Waals surface area contributed by atoms with Gasteiger partial charge in [-0.05, 0) is 6.42 Å². The van der Waals surface area contributed by atoms with Gasteiger partial charge in [-0.1, -0.05) is 6.92 Å². The second kappa shape index (κ2) is 6.71. The van der Waals surface area contributed by atoms with Crippen molar-refractivity contribution in [2.75, 3.05) is 5.88 Å². The van der Waals surface area contributed by atoms with Crippen molar-refractivity contribution in [2.45, 2.75) is 32.2 Å². The van der Waals surface area contributed by atoms with Gasteiger partial charge in [0.2, 0.25) is 5.91 Å². The SMILES string of the molecule is CCC(CC(=O)O)NC(=O)CCCl. The van der Waals surface area contributed by atoms with Crippen LogP contribution in [0.25, 0.3) is 0 Å². The maximum atomic E-state index is 11.0. The Labute approximate surface area is 82.3 Å². The lowest BCUT2D eigenvalue weighted by molar-refractivity contribution is -0.137.